The Morgan fingerprint density at radius 2 is 1.53 bits per heavy atom. The van der Waals surface area contributed by atoms with Crippen LogP contribution in [-0.4, -0.2) is 30.2 Å². The average molecular weight is 468 g/mol. The van der Waals surface area contributed by atoms with Crippen LogP contribution in [0.25, 0.3) is 0 Å². The smallest absolute Gasteiger partial charge is 0.338 e. The van der Waals surface area contributed by atoms with Crippen LogP contribution in [0.3, 0.4) is 0 Å². The fraction of sp³-hybridized carbons (Fsp3) is 0.0833. The molecule has 160 valence electrons. The number of nitrogens with zero attached hydrogens (tertiary/aromatic N) is 1. The van der Waals surface area contributed by atoms with Gasteiger partial charge < -0.3 is 4.74 Å². The molecule has 3 aromatic carbocycles. The Hall–Kier alpha value is -3.48. The average Bonchev–Trinajstić information content (AvgIpc) is 3.04. The van der Waals surface area contributed by atoms with E-state index in [9.17, 15) is 19.2 Å². The lowest BCUT2D eigenvalue weighted by atomic mass is 10.1. The summed E-state index contributed by atoms with van der Waals surface area (Å²) in [5.41, 5.74) is 1.78. The Bertz CT molecular complexity index is 1280. The van der Waals surface area contributed by atoms with E-state index in [0.717, 1.165) is 10.5 Å². The minimum atomic E-state index is -0.784. The van der Waals surface area contributed by atoms with Crippen molar-refractivity contribution >= 4 is 52.5 Å². The SMILES string of the molecule is Cc1ccc(C(=O)COC(=O)c2ccc3c(c2)C(=O)N(c2cccc(Cl)c2Cl)C3=O)cc1. The van der Waals surface area contributed by atoms with Crippen LogP contribution in [0.4, 0.5) is 5.69 Å². The van der Waals surface area contributed by atoms with Gasteiger partial charge in [0.1, 0.15) is 0 Å². The Labute approximate surface area is 193 Å². The first-order valence-electron chi connectivity index (χ1n) is 9.52. The van der Waals surface area contributed by atoms with Crippen molar-refractivity contribution < 1.29 is 23.9 Å². The predicted molar refractivity (Wildman–Crippen MR) is 120 cm³/mol. The van der Waals surface area contributed by atoms with E-state index < -0.39 is 24.4 Å². The maximum atomic E-state index is 12.9. The third kappa shape index (κ3) is 3.90. The zero-order valence-corrected chi connectivity index (χ0v) is 18.2. The van der Waals surface area contributed by atoms with Gasteiger partial charge in [0.2, 0.25) is 0 Å². The van der Waals surface area contributed by atoms with E-state index in [0.29, 0.717) is 5.56 Å². The molecule has 0 aromatic heterocycles. The summed E-state index contributed by atoms with van der Waals surface area (Å²) in [5.74, 6) is -2.36. The number of esters is 1. The van der Waals surface area contributed by atoms with Crippen LogP contribution in [0.2, 0.25) is 10.0 Å². The first-order chi connectivity index (χ1) is 15.3. The number of aryl methyl sites for hydroxylation is 1. The Morgan fingerprint density at radius 3 is 2.25 bits per heavy atom. The van der Waals surface area contributed by atoms with Gasteiger partial charge in [-0.15, -0.1) is 0 Å². The Kier molecular flexibility index (Phi) is 5.82. The molecule has 1 aliphatic heterocycles. The molecule has 0 aliphatic carbocycles. The quantitative estimate of drug-likeness (QED) is 0.294. The zero-order valence-electron chi connectivity index (χ0n) is 16.7. The van der Waals surface area contributed by atoms with Crippen molar-refractivity contribution in [3.63, 3.8) is 0 Å². The molecule has 0 unspecified atom stereocenters. The number of amides is 2. The van der Waals surface area contributed by atoms with Crippen LogP contribution >= 0.6 is 23.2 Å². The summed E-state index contributed by atoms with van der Waals surface area (Å²) < 4.78 is 5.11. The molecule has 0 saturated carbocycles. The van der Waals surface area contributed by atoms with E-state index in [1.54, 1.807) is 30.3 Å². The summed E-state index contributed by atoms with van der Waals surface area (Å²) in [6, 6.07) is 15.5. The standard InChI is InChI=1S/C24H15Cl2NO5/c1-13-5-7-14(8-6-13)20(28)12-32-24(31)15-9-10-16-17(11-15)23(30)27(22(16)29)19-4-2-3-18(25)21(19)26/h2-11H,12H2,1H3. The summed E-state index contributed by atoms with van der Waals surface area (Å²) in [5, 5.41) is 0.265. The molecule has 0 spiro atoms. The molecule has 0 bridgehead atoms. The van der Waals surface area contributed by atoms with Crippen LogP contribution < -0.4 is 4.90 Å². The van der Waals surface area contributed by atoms with Gasteiger partial charge in [0.05, 0.1) is 32.4 Å². The summed E-state index contributed by atoms with van der Waals surface area (Å²) in [7, 11) is 0. The molecule has 0 radical (unpaired) electrons. The van der Waals surface area contributed by atoms with E-state index in [2.05, 4.69) is 0 Å². The molecule has 2 amide bonds. The lowest BCUT2D eigenvalue weighted by Crippen LogP contribution is -2.29. The third-order valence-electron chi connectivity index (χ3n) is 5.00. The first-order valence-corrected chi connectivity index (χ1v) is 10.3. The van der Waals surface area contributed by atoms with Crippen molar-refractivity contribution in [2.24, 2.45) is 0 Å². The van der Waals surface area contributed by atoms with Crippen molar-refractivity contribution in [3.05, 3.63) is 98.5 Å². The number of benzene rings is 3. The van der Waals surface area contributed by atoms with Crippen LogP contribution in [0.5, 0.6) is 0 Å². The normalized spacial score (nSPS) is 12.7. The number of imide groups is 1. The lowest BCUT2D eigenvalue weighted by molar-refractivity contribution is 0.0474. The molecule has 32 heavy (non-hydrogen) atoms. The number of fused-ring (bicyclic) bond motifs is 1. The minimum absolute atomic E-state index is 0.0327. The van der Waals surface area contributed by atoms with Crippen molar-refractivity contribution in [2.45, 2.75) is 6.92 Å². The maximum absolute atomic E-state index is 12.9. The third-order valence-corrected chi connectivity index (χ3v) is 5.81. The number of hydrogen-bond acceptors (Lipinski definition) is 5. The minimum Gasteiger partial charge on any atom is -0.454 e. The van der Waals surface area contributed by atoms with Crippen LogP contribution in [-0.2, 0) is 4.74 Å². The molecule has 0 atom stereocenters. The van der Waals surface area contributed by atoms with Gasteiger partial charge in [0.15, 0.2) is 12.4 Å². The number of halogens is 2. The van der Waals surface area contributed by atoms with E-state index in [1.165, 1.54) is 30.3 Å². The number of carbonyl (C=O) groups is 4. The Morgan fingerprint density at radius 1 is 0.875 bits per heavy atom. The molecule has 8 heteroatoms. The van der Waals surface area contributed by atoms with Gasteiger partial charge in [-0.1, -0.05) is 59.1 Å². The second-order valence-corrected chi connectivity index (χ2v) is 7.93. The van der Waals surface area contributed by atoms with Gasteiger partial charge in [0.25, 0.3) is 11.8 Å². The monoisotopic (exact) mass is 467 g/mol. The number of rotatable bonds is 5. The largest absolute Gasteiger partial charge is 0.454 e. The van der Waals surface area contributed by atoms with Gasteiger partial charge in [-0.25, -0.2) is 9.69 Å². The molecule has 4 rings (SSSR count). The molecule has 3 aromatic rings. The topological polar surface area (TPSA) is 80.8 Å². The second-order valence-electron chi connectivity index (χ2n) is 7.14. The van der Waals surface area contributed by atoms with Gasteiger partial charge >= 0.3 is 5.97 Å². The van der Waals surface area contributed by atoms with E-state index in [4.69, 9.17) is 27.9 Å². The number of anilines is 1. The zero-order chi connectivity index (χ0) is 23.0. The molecule has 6 nitrogen and oxygen atoms in total. The van der Waals surface area contributed by atoms with Crippen LogP contribution in [0, 0.1) is 6.92 Å². The van der Waals surface area contributed by atoms with Crippen LogP contribution in [0.15, 0.2) is 60.7 Å². The summed E-state index contributed by atoms with van der Waals surface area (Å²) in [4.78, 5) is 51.3. The summed E-state index contributed by atoms with van der Waals surface area (Å²) >= 11 is 12.2. The summed E-state index contributed by atoms with van der Waals surface area (Å²) in [6.07, 6.45) is 0. The van der Waals surface area contributed by atoms with Crippen LogP contribution in [0.1, 0.15) is 47.0 Å². The second kappa shape index (κ2) is 8.57. The number of ether oxygens (including phenoxy) is 1. The lowest BCUT2D eigenvalue weighted by Gasteiger charge is -2.15. The van der Waals surface area contributed by atoms with Crippen molar-refractivity contribution in [1.82, 2.24) is 0 Å². The van der Waals surface area contributed by atoms with Crippen molar-refractivity contribution in [1.29, 1.82) is 0 Å². The van der Waals surface area contributed by atoms with Gasteiger partial charge in [0, 0.05) is 5.56 Å². The molecule has 0 N–H and O–H groups in total. The highest BCUT2D eigenvalue weighted by molar-refractivity contribution is 6.46. The predicted octanol–water partition coefficient (Wildman–Crippen LogP) is 5.14. The van der Waals surface area contributed by atoms with Crippen molar-refractivity contribution in [3.8, 4) is 0 Å². The van der Waals surface area contributed by atoms with E-state index in [1.807, 2.05) is 6.92 Å². The van der Waals surface area contributed by atoms with Gasteiger partial charge in [-0.2, -0.15) is 0 Å². The highest BCUT2D eigenvalue weighted by Crippen LogP contribution is 2.37. The molecular weight excluding hydrogens is 453 g/mol. The maximum Gasteiger partial charge on any atom is 0.338 e. The number of Topliss-reactive ketones (excluding diaryl/α,β-unsaturated/α-hetero) is 1. The number of ketones is 1. The first kappa shape index (κ1) is 21.7. The highest BCUT2D eigenvalue weighted by atomic mass is 35.5. The molecule has 1 heterocycles. The van der Waals surface area contributed by atoms with Gasteiger partial charge in [-0.3, -0.25) is 14.4 Å². The van der Waals surface area contributed by atoms with E-state index >= 15 is 0 Å². The summed E-state index contributed by atoms with van der Waals surface area (Å²) in [6.45, 7) is 1.45. The molecular formula is C24H15Cl2NO5. The molecule has 1 aliphatic rings. The van der Waals surface area contributed by atoms with E-state index in [-0.39, 0.29) is 38.2 Å². The fourth-order valence-corrected chi connectivity index (χ4v) is 3.67. The number of carbonyl (C=O) groups excluding carboxylic acids is 4. The fourth-order valence-electron chi connectivity index (χ4n) is 3.29. The van der Waals surface area contributed by atoms with Crippen molar-refractivity contribution in [2.75, 3.05) is 11.5 Å². The highest BCUT2D eigenvalue weighted by Gasteiger charge is 2.38. The number of hydrogen-bond donors (Lipinski definition) is 0. The molecule has 0 saturated heterocycles. The Balaban J connectivity index is 1.53. The molecule has 0 fully saturated rings. The van der Waals surface area contributed by atoms with Gasteiger partial charge in [-0.05, 0) is 37.3 Å².